The number of aryl methyl sites for hydroxylation is 1. The number of carbonyl (C=O) groups is 4. The van der Waals surface area contributed by atoms with Crippen LogP contribution in [0.4, 0.5) is 15.3 Å². The summed E-state index contributed by atoms with van der Waals surface area (Å²) in [6.45, 7) is 2.13. The van der Waals surface area contributed by atoms with Gasteiger partial charge >= 0.3 is 18.1 Å². The number of aliphatic carboxylic acids is 1. The number of hydrogen-bond acceptors (Lipinski definition) is 5. The molecule has 2 aromatic rings. The molecule has 4 rings (SSSR count). The zero-order valence-electron chi connectivity index (χ0n) is 22.2. The molecule has 1 saturated carbocycles. The molecular weight excluding hydrogens is 500 g/mol. The van der Waals surface area contributed by atoms with E-state index in [1.54, 1.807) is 12.1 Å². The van der Waals surface area contributed by atoms with Crippen LogP contribution in [0.5, 0.6) is 0 Å². The first-order chi connectivity index (χ1) is 18.8. The highest BCUT2D eigenvalue weighted by Crippen LogP contribution is 2.28. The lowest BCUT2D eigenvalue weighted by atomic mass is 9.82. The quantitative estimate of drug-likeness (QED) is 0.460. The molecule has 0 spiro atoms. The van der Waals surface area contributed by atoms with Crippen LogP contribution in [-0.4, -0.2) is 64.2 Å². The van der Waals surface area contributed by atoms with E-state index in [1.807, 2.05) is 49.4 Å². The Hall–Kier alpha value is -4.08. The summed E-state index contributed by atoms with van der Waals surface area (Å²) >= 11 is 0. The maximum atomic E-state index is 13.7. The van der Waals surface area contributed by atoms with Crippen LogP contribution >= 0.6 is 0 Å². The molecule has 2 aromatic carbocycles. The molecule has 0 radical (unpaired) electrons. The van der Waals surface area contributed by atoms with Crippen molar-refractivity contribution in [3.05, 3.63) is 65.7 Å². The van der Waals surface area contributed by atoms with E-state index in [2.05, 4.69) is 10.6 Å². The topological polar surface area (TPSA) is 128 Å². The maximum Gasteiger partial charge on any atom is 0.412 e. The van der Waals surface area contributed by atoms with Gasteiger partial charge in [0, 0.05) is 24.8 Å². The molecule has 1 saturated heterocycles. The standard InChI is InChI=1S/C29H36N4O6/c1-20-9-8-14-23(17-20)30-28(37)32-15-16-33(29(38)39-19-21-10-4-2-5-11-21)27(32)26(36)31-24(18-25(34)35)22-12-6-3-7-13-22/h2,4-5,8-11,14,17,22,24,27H,3,6-7,12-13,15-16,18-19H2,1H3,(H,30,37)(H,31,36)(H,34,35). The summed E-state index contributed by atoms with van der Waals surface area (Å²) in [6.07, 6.45) is 2.45. The van der Waals surface area contributed by atoms with E-state index in [0.29, 0.717) is 5.69 Å². The molecule has 4 amide bonds. The lowest BCUT2D eigenvalue weighted by molar-refractivity contribution is -0.138. The van der Waals surface area contributed by atoms with Gasteiger partial charge in [-0.05, 0) is 48.9 Å². The van der Waals surface area contributed by atoms with E-state index >= 15 is 0 Å². The van der Waals surface area contributed by atoms with Crippen LogP contribution < -0.4 is 10.6 Å². The van der Waals surface area contributed by atoms with Crippen LogP contribution in [-0.2, 0) is 20.9 Å². The van der Waals surface area contributed by atoms with Crippen molar-refractivity contribution in [1.82, 2.24) is 15.1 Å². The predicted molar refractivity (Wildman–Crippen MR) is 145 cm³/mol. The van der Waals surface area contributed by atoms with E-state index in [1.165, 1.54) is 9.80 Å². The van der Waals surface area contributed by atoms with Crippen molar-refractivity contribution < 1.29 is 29.0 Å². The number of carboxylic acids is 1. The van der Waals surface area contributed by atoms with Gasteiger partial charge in [-0.25, -0.2) is 9.59 Å². The Balaban J connectivity index is 1.53. The molecule has 2 unspecified atom stereocenters. The van der Waals surface area contributed by atoms with Gasteiger partial charge in [0.05, 0.1) is 6.42 Å². The Morgan fingerprint density at radius 1 is 0.974 bits per heavy atom. The number of rotatable bonds is 8. The van der Waals surface area contributed by atoms with Crippen molar-refractivity contribution in [3.63, 3.8) is 0 Å². The predicted octanol–water partition coefficient (Wildman–Crippen LogP) is 4.35. The van der Waals surface area contributed by atoms with Crippen molar-refractivity contribution in [1.29, 1.82) is 0 Å². The van der Waals surface area contributed by atoms with E-state index in [4.69, 9.17) is 4.74 Å². The number of urea groups is 1. The summed E-state index contributed by atoms with van der Waals surface area (Å²) < 4.78 is 5.49. The number of carbonyl (C=O) groups excluding carboxylic acids is 3. The molecule has 10 nitrogen and oxygen atoms in total. The molecule has 1 aliphatic heterocycles. The molecule has 208 valence electrons. The van der Waals surface area contributed by atoms with E-state index in [0.717, 1.165) is 43.2 Å². The second kappa shape index (κ2) is 13.1. The summed E-state index contributed by atoms with van der Waals surface area (Å²) in [5.41, 5.74) is 2.31. The number of benzene rings is 2. The second-order valence-electron chi connectivity index (χ2n) is 10.2. The number of carboxylic acid groups (broad SMARTS) is 1. The number of hydrogen-bond donors (Lipinski definition) is 3. The lowest BCUT2D eigenvalue weighted by Gasteiger charge is -2.34. The van der Waals surface area contributed by atoms with Gasteiger partial charge in [0.15, 0.2) is 6.17 Å². The van der Waals surface area contributed by atoms with Gasteiger partial charge in [0.1, 0.15) is 6.61 Å². The van der Waals surface area contributed by atoms with E-state index in [9.17, 15) is 24.3 Å². The van der Waals surface area contributed by atoms with Gasteiger partial charge in [0.2, 0.25) is 0 Å². The van der Waals surface area contributed by atoms with Gasteiger partial charge in [-0.1, -0.05) is 61.7 Å². The first-order valence-corrected chi connectivity index (χ1v) is 13.5. The largest absolute Gasteiger partial charge is 0.481 e. The average Bonchev–Trinajstić information content (AvgIpc) is 3.38. The third-order valence-electron chi connectivity index (χ3n) is 7.32. The number of amides is 4. The first-order valence-electron chi connectivity index (χ1n) is 13.5. The number of nitrogens with zero attached hydrogens (tertiary/aromatic N) is 2. The minimum atomic E-state index is -1.28. The van der Waals surface area contributed by atoms with Crippen molar-refractivity contribution in [2.75, 3.05) is 18.4 Å². The van der Waals surface area contributed by atoms with Gasteiger partial charge < -0.3 is 20.5 Å². The van der Waals surface area contributed by atoms with Crippen molar-refractivity contribution in [2.24, 2.45) is 5.92 Å². The van der Waals surface area contributed by atoms with E-state index < -0.39 is 36.2 Å². The monoisotopic (exact) mass is 536 g/mol. The molecule has 0 bridgehead atoms. The van der Waals surface area contributed by atoms with Crippen LogP contribution in [0.25, 0.3) is 0 Å². The molecule has 1 heterocycles. The summed E-state index contributed by atoms with van der Waals surface area (Å²) in [4.78, 5) is 54.3. The summed E-state index contributed by atoms with van der Waals surface area (Å²) in [5, 5.41) is 15.2. The summed E-state index contributed by atoms with van der Waals surface area (Å²) in [6, 6.07) is 15.3. The van der Waals surface area contributed by atoms with Crippen LogP contribution in [0.2, 0.25) is 0 Å². The highest BCUT2D eigenvalue weighted by Gasteiger charge is 2.44. The fraction of sp³-hybridized carbons (Fsp3) is 0.448. The Bertz CT molecular complexity index is 1170. The van der Waals surface area contributed by atoms with Crippen LogP contribution in [0, 0.1) is 12.8 Å². The highest BCUT2D eigenvalue weighted by atomic mass is 16.6. The Kier molecular flexibility index (Phi) is 9.40. The minimum Gasteiger partial charge on any atom is -0.481 e. The SMILES string of the molecule is Cc1cccc(NC(=O)N2CCN(C(=O)OCc3ccccc3)C2C(=O)NC(CC(=O)O)C2CCCCC2)c1. The second-order valence-corrected chi connectivity index (χ2v) is 10.2. The number of anilines is 1. The zero-order chi connectivity index (χ0) is 27.8. The zero-order valence-corrected chi connectivity index (χ0v) is 22.2. The normalized spacial score (nSPS) is 18.3. The van der Waals surface area contributed by atoms with Crippen molar-refractivity contribution in [3.8, 4) is 0 Å². The first kappa shape index (κ1) is 27.9. The Morgan fingerprint density at radius 2 is 1.69 bits per heavy atom. The molecule has 0 aromatic heterocycles. The molecule has 39 heavy (non-hydrogen) atoms. The Morgan fingerprint density at radius 3 is 2.38 bits per heavy atom. The fourth-order valence-electron chi connectivity index (χ4n) is 5.35. The third kappa shape index (κ3) is 7.49. The highest BCUT2D eigenvalue weighted by molar-refractivity contribution is 5.95. The van der Waals surface area contributed by atoms with Crippen LogP contribution in [0.15, 0.2) is 54.6 Å². The van der Waals surface area contributed by atoms with Gasteiger partial charge in [-0.2, -0.15) is 0 Å². The Labute approximate surface area is 228 Å². The molecule has 1 aliphatic carbocycles. The molecule has 2 fully saturated rings. The molecule has 2 aliphatic rings. The molecular formula is C29H36N4O6. The van der Waals surface area contributed by atoms with Crippen LogP contribution in [0.1, 0.15) is 49.7 Å². The van der Waals surface area contributed by atoms with Crippen LogP contribution in [0.3, 0.4) is 0 Å². The molecule has 2 atom stereocenters. The minimum absolute atomic E-state index is 0.0176. The number of nitrogens with one attached hydrogen (secondary N) is 2. The van der Waals surface area contributed by atoms with Crippen molar-refractivity contribution in [2.45, 2.75) is 64.3 Å². The van der Waals surface area contributed by atoms with Gasteiger partial charge in [-0.3, -0.25) is 19.4 Å². The average molecular weight is 537 g/mol. The molecule has 10 heteroatoms. The van der Waals surface area contributed by atoms with Gasteiger partial charge in [0.25, 0.3) is 5.91 Å². The summed E-state index contributed by atoms with van der Waals surface area (Å²) in [7, 11) is 0. The fourth-order valence-corrected chi connectivity index (χ4v) is 5.35. The van der Waals surface area contributed by atoms with E-state index in [-0.39, 0.29) is 32.0 Å². The maximum absolute atomic E-state index is 13.7. The molecule has 3 N–H and O–H groups in total. The van der Waals surface area contributed by atoms with Gasteiger partial charge in [-0.15, -0.1) is 0 Å². The lowest BCUT2D eigenvalue weighted by Crippen LogP contribution is -2.57. The summed E-state index contributed by atoms with van der Waals surface area (Å²) in [5.74, 6) is -1.58. The number of ether oxygens (including phenoxy) is 1. The van der Waals surface area contributed by atoms with Crippen molar-refractivity contribution >= 4 is 29.7 Å². The smallest absolute Gasteiger partial charge is 0.412 e. The third-order valence-corrected chi connectivity index (χ3v) is 7.32.